The highest BCUT2D eigenvalue weighted by atomic mass is 16.5. The van der Waals surface area contributed by atoms with E-state index in [1.165, 1.54) is 12.1 Å². The van der Waals surface area contributed by atoms with Gasteiger partial charge in [0.2, 0.25) is 0 Å². The normalized spacial score (nSPS) is 9.92. The van der Waals surface area contributed by atoms with Crippen LogP contribution in [0.5, 0.6) is 5.75 Å². The SMILES string of the molecule is NC(=O)c1ccccc1NC(=O)COC(=O)CCOc1ccccc1. The Bertz CT molecular complexity index is 746. The molecule has 7 nitrogen and oxygen atoms in total. The van der Waals surface area contributed by atoms with Gasteiger partial charge in [-0.25, -0.2) is 0 Å². The minimum atomic E-state index is -0.661. The Morgan fingerprint density at radius 2 is 1.64 bits per heavy atom. The summed E-state index contributed by atoms with van der Waals surface area (Å²) in [4.78, 5) is 34.7. The maximum Gasteiger partial charge on any atom is 0.309 e. The third-order valence-corrected chi connectivity index (χ3v) is 3.15. The number of amides is 2. The van der Waals surface area contributed by atoms with Crippen molar-refractivity contribution in [1.29, 1.82) is 0 Å². The summed E-state index contributed by atoms with van der Waals surface area (Å²) < 4.78 is 10.2. The summed E-state index contributed by atoms with van der Waals surface area (Å²) in [5.74, 6) is -1.14. The molecule has 0 aliphatic heterocycles. The Morgan fingerprint density at radius 3 is 2.36 bits per heavy atom. The van der Waals surface area contributed by atoms with E-state index < -0.39 is 24.4 Å². The summed E-state index contributed by atoms with van der Waals surface area (Å²) in [5.41, 5.74) is 5.67. The molecule has 0 fully saturated rings. The minimum Gasteiger partial charge on any atom is -0.493 e. The van der Waals surface area contributed by atoms with Crippen LogP contribution in [0.3, 0.4) is 0 Å². The van der Waals surface area contributed by atoms with Gasteiger partial charge in [0.15, 0.2) is 6.61 Å². The van der Waals surface area contributed by atoms with Crippen molar-refractivity contribution in [2.24, 2.45) is 5.73 Å². The van der Waals surface area contributed by atoms with Crippen LogP contribution < -0.4 is 15.8 Å². The zero-order valence-corrected chi connectivity index (χ0v) is 13.4. The van der Waals surface area contributed by atoms with E-state index >= 15 is 0 Å². The number of primary amides is 1. The molecular formula is C18H18N2O5. The van der Waals surface area contributed by atoms with Gasteiger partial charge >= 0.3 is 5.97 Å². The predicted octanol–water partition coefficient (Wildman–Crippen LogP) is 1.74. The van der Waals surface area contributed by atoms with Gasteiger partial charge in [-0.2, -0.15) is 0 Å². The lowest BCUT2D eigenvalue weighted by Crippen LogP contribution is -2.23. The van der Waals surface area contributed by atoms with Crippen LogP contribution in [0.1, 0.15) is 16.8 Å². The number of hydrogen-bond donors (Lipinski definition) is 2. The second kappa shape index (κ2) is 9.07. The van der Waals surface area contributed by atoms with E-state index in [2.05, 4.69) is 5.32 Å². The van der Waals surface area contributed by atoms with Crippen LogP contribution in [0.25, 0.3) is 0 Å². The van der Waals surface area contributed by atoms with Gasteiger partial charge in [0.25, 0.3) is 11.8 Å². The Hall–Kier alpha value is -3.35. The first-order valence-electron chi connectivity index (χ1n) is 7.58. The molecule has 0 heterocycles. The largest absolute Gasteiger partial charge is 0.493 e. The summed E-state index contributed by atoms with van der Waals surface area (Å²) in [5, 5.41) is 2.48. The second-order valence-corrected chi connectivity index (χ2v) is 5.03. The number of rotatable bonds is 8. The highest BCUT2D eigenvalue weighted by molar-refractivity contribution is 6.03. The summed E-state index contributed by atoms with van der Waals surface area (Å²) >= 11 is 0. The first-order valence-corrected chi connectivity index (χ1v) is 7.58. The standard InChI is InChI=1S/C18H18N2O5/c19-18(23)14-8-4-5-9-15(14)20-16(21)12-25-17(22)10-11-24-13-6-2-1-3-7-13/h1-9H,10-12H2,(H2,19,23)(H,20,21). The Morgan fingerprint density at radius 1 is 0.960 bits per heavy atom. The van der Waals surface area contributed by atoms with Gasteiger partial charge in [-0.3, -0.25) is 14.4 Å². The summed E-state index contributed by atoms with van der Waals surface area (Å²) in [6.45, 7) is -0.313. The topological polar surface area (TPSA) is 108 Å². The lowest BCUT2D eigenvalue weighted by atomic mass is 10.1. The molecule has 0 atom stereocenters. The van der Waals surface area contributed by atoms with Crippen molar-refractivity contribution in [3.8, 4) is 5.75 Å². The number of esters is 1. The second-order valence-electron chi connectivity index (χ2n) is 5.03. The number of benzene rings is 2. The van der Waals surface area contributed by atoms with Gasteiger partial charge in [0.05, 0.1) is 24.3 Å². The molecule has 2 aromatic carbocycles. The molecule has 3 N–H and O–H groups in total. The molecule has 0 unspecified atom stereocenters. The summed E-state index contributed by atoms with van der Waals surface area (Å²) in [6, 6.07) is 15.3. The number of nitrogens with one attached hydrogen (secondary N) is 1. The third kappa shape index (κ3) is 5.98. The van der Waals surface area contributed by atoms with Crippen molar-refractivity contribution in [2.45, 2.75) is 6.42 Å². The van der Waals surface area contributed by atoms with Crippen LogP contribution in [-0.4, -0.2) is 31.0 Å². The average molecular weight is 342 g/mol. The first kappa shape index (κ1) is 18.0. The number of anilines is 1. The molecule has 0 radical (unpaired) electrons. The highest BCUT2D eigenvalue weighted by Crippen LogP contribution is 2.14. The zero-order chi connectivity index (χ0) is 18.1. The van der Waals surface area contributed by atoms with Crippen LogP contribution in [0.4, 0.5) is 5.69 Å². The summed E-state index contributed by atoms with van der Waals surface area (Å²) in [7, 11) is 0. The number of para-hydroxylation sites is 2. The van der Waals surface area contributed by atoms with E-state index in [0.29, 0.717) is 5.75 Å². The zero-order valence-electron chi connectivity index (χ0n) is 13.4. The maximum atomic E-state index is 11.8. The molecule has 0 aromatic heterocycles. The van der Waals surface area contributed by atoms with Crippen molar-refractivity contribution in [3.05, 3.63) is 60.2 Å². The van der Waals surface area contributed by atoms with Crippen LogP contribution in [-0.2, 0) is 14.3 Å². The lowest BCUT2D eigenvalue weighted by molar-refractivity contribution is -0.147. The van der Waals surface area contributed by atoms with Crippen LogP contribution in [0.2, 0.25) is 0 Å². The third-order valence-electron chi connectivity index (χ3n) is 3.15. The average Bonchev–Trinajstić information content (AvgIpc) is 2.61. The number of hydrogen-bond acceptors (Lipinski definition) is 5. The molecule has 2 aromatic rings. The number of carbonyl (C=O) groups is 3. The van der Waals surface area contributed by atoms with Gasteiger partial charge in [0, 0.05) is 0 Å². The van der Waals surface area contributed by atoms with Crippen molar-refractivity contribution >= 4 is 23.5 Å². The first-order chi connectivity index (χ1) is 12.1. The lowest BCUT2D eigenvalue weighted by Gasteiger charge is -2.09. The molecule has 0 bridgehead atoms. The van der Waals surface area contributed by atoms with Gasteiger partial charge in [0.1, 0.15) is 5.75 Å². The molecule has 25 heavy (non-hydrogen) atoms. The van der Waals surface area contributed by atoms with Crippen LogP contribution >= 0.6 is 0 Å². The van der Waals surface area contributed by atoms with Crippen molar-refractivity contribution in [2.75, 3.05) is 18.5 Å². The smallest absolute Gasteiger partial charge is 0.309 e. The van der Waals surface area contributed by atoms with Gasteiger partial charge in [-0.05, 0) is 24.3 Å². The van der Waals surface area contributed by atoms with Gasteiger partial charge in [-0.1, -0.05) is 30.3 Å². The molecule has 7 heteroatoms. The Balaban J connectivity index is 1.73. The fourth-order valence-electron chi connectivity index (χ4n) is 1.98. The molecular weight excluding hydrogens is 324 g/mol. The molecule has 0 spiro atoms. The van der Waals surface area contributed by atoms with E-state index in [9.17, 15) is 14.4 Å². The monoisotopic (exact) mass is 342 g/mol. The Kier molecular flexibility index (Phi) is 6.53. The molecule has 0 aliphatic rings. The van der Waals surface area contributed by atoms with Crippen LogP contribution in [0, 0.1) is 0 Å². The number of ether oxygens (including phenoxy) is 2. The number of carbonyl (C=O) groups excluding carboxylic acids is 3. The van der Waals surface area contributed by atoms with E-state index in [4.69, 9.17) is 15.2 Å². The van der Waals surface area contributed by atoms with E-state index in [1.54, 1.807) is 24.3 Å². The molecule has 2 rings (SSSR count). The van der Waals surface area contributed by atoms with Crippen LogP contribution in [0.15, 0.2) is 54.6 Å². The molecule has 0 saturated heterocycles. The fraction of sp³-hybridized carbons (Fsp3) is 0.167. The van der Waals surface area contributed by atoms with Crippen molar-refractivity contribution in [3.63, 3.8) is 0 Å². The molecule has 130 valence electrons. The minimum absolute atomic E-state index is 0.0139. The van der Waals surface area contributed by atoms with Gasteiger partial charge < -0.3 is 20.5 Å². The quantitative estimate of drug-likeness (QED) is 0.711. The Labute approximate surface area is 144 Å². The molecule has 0 saturated carbocycles. The van der Waals surface area contributed by atoms with E-state index in [1.807, 2.05) is 18.2 Å². The predicted molar refractivity (Wildman–Crippen MR) is 91.1 cm³/mol. The van der Waals surface area contributed by atoms with E-state index in [0.717, 1.165) is 0 Å². The van der Waals surface area contributed by atoms with E-state index in [-0.39, 0.29) is 24.3 Å². The molecule has 0 aliphatic carbocycles. The van der Waals surface area contributed by atoms with Crippen molar-refractivity contribution < 1.29 is 23.9 Å². The maximum absolute atomic E-state index is 11.8. The van der Waals surface area contributed by atoms with Gasteiger partial charge in [-0.15, -0.1) is 0 Å². The fourth-order valence-corrected chi connectivity index (χ4v) is 1.98. The van der Waals surface area contributed by atoms with Crippen molar-refractivity contribution in [1.82, 2.24) is 0 Å². The number of nitrogens with two attached hydrogens (primary N) is 1. The highest BCUT2D eigenvalue weighted by Gasteiger charge is 2.12. The summed E-state index contributed by atoms with van der Waals surface area (Å²) in [6.07, 6.45) is 0.0139. The molecule has 2 amide bonds.